The number of aryl methyl sites for hydroxylation is 2. The smallest absolute Gasteiger partial charge is 0.108 e. The molecule has 52 valence electrons. The summed E-state index contributed by atoms with van der Waals surface area (Å²) in [5, 5.41) is 0. The zero-order valence-electron chi connectivity index (χ0n) is 5.76. The third-order valence-electron chi connectivity index (χ3n) is 1.24. The van der Waals surface area contributed by atoms with Gasteiger partial charge in [0.05, 0.1) is 0 Å². The van der Waals surface area contributed by atoms with E-state index in [1.165, 1.54) is 0 Å². The van der Waals surface area contributed by atoms with Gasteiger partial charge in [-0.1, -0.05) is 6.92 Å². The second kappa shape index (κ2) is 3.25. The standard InChI is InChI=1S/C6H10N2.H2O/c1-3-6-7-4-5-8(6)2;/h4-5H,3H2,1-2H3;1H2. The van der Waals surface area contributed by atoms with Crippen molar-refractivity contribution in [3.8, 4) is 0 Å². The van der Waals surface area contributed by atoms with Crippen LogP contribution in [0.1, 0.15) is 12.7 Å². The first-order valence-corrected chi connectivity index (χ1v) is 2.80. The fourth-order valence-electron chi connectivity index (χ4n) is 0.737. The SMILES string of the molecule is CCc1nccn1C.O. The van der Waals surface area contributed by atoms with E-state index in [2.05, 4.69) is 11.9 Å². The Balaban J connectivity index is 0.000000640. The van der Waals surface area contributed by atoms with Crippen molar-refractivity contribution in [2.75, 3.05) is 0 Å². The molecule has 1 rings (SSSR count). The summed E-state index contributed by atoms with van der Waals surface area (Å²) >= 11 is 0. The van der Waals surface area contributed by atoms with Crippen LogP contribution in [0.2, 0.25) is 0 Å². The second-order valence-electron chi connectivity index (χ2n) is 1.81. The highest BCUT2D eigenvalue weighted by molar-refractivity contribution is 4.89. The molecule has 0 aliphatic rings. The summed E-state index contributed by atoms with van der Waals surface area (Å²) < 4.78 is 2.03. The van der Waals surface area contributed by atoms with Gasteiger partial charge in [0, 0.05) is 25.9 Å². The van der Waals surface area contributed by atoms with Crippen LogP contribution in [-0.2, 0) is 13.5 Å². The lowest BCUT2D eigenvalue weighted by Crippen LogP contribution is -1.92. The minimum atomic E-state index is 0. The Morgan fingerprint density at radius 3 is 2.56 bits per heavy atom. The highest BCUT2D eigenvalue weighted by atomic mass is 16.0. The fourth-order valence-corrected chi connectivity index (χ4v) is 0.737. The quantitative estimate of drug-likeness (QED) is 0.531. The van der Waals surface area contributed by atoms with Gasteiger partial charge >= 0.3 is 0 Å². The van der Waals surface area contributed by atoms with Crippen LogP contribution >= 0.6 is 0 Å². The Kier molecular flexibility index (Phi) is 2.95. The molecule has 9 heavy (non-hydrogen) atoms. The molecule has 0 atom stereocenters. The Morgan fingerprint density at radius 1 is 1.67 bits per heavy atom. The molecular weight excluding hydrogens is 116 g/mol. The van der Waals surface area contributed by atoms with Crippen molar-refractivity contribution in [2.45, 2.75) is 13.3 Å². The second-order valence-corrected chi connectivity index (χ2v) is 1.81. The van der Waals surface area contributed by atoms with Gasteiger partial charge in [-0.3, -0.25) is 0 Å². The van der Waals surface area contributed by atoms with E-state index in [1.807, 2.05) is 24.0 Å². The number of hydrogen-bond acceptors (Lipinski definition) is 1. The van der Waals surface area contributed by atoms with Crippen LogP contribution in [0.15, 0.2) is 12.4 Å². The van der Waals surface area contributed by atoms with Gasteiger partial charge in [0.15, 0.2) is 0 Å². The predicted molar refractivity (Wildman–Crippen MR) is 36.2 cm³/mol. The van der Waals surface area contributed by atoms with E-state index in [0.717, 1.165) is 12.2 Å². The van der Waals surface area contributed by atoms with Crippen LogP contribution in [0, 0.1) is 0 Å². The molecule has 0 saturated carbocycles. The van der Waals surface area contributed by atoms with Gasteiger partial charge in [0.2, 0.25) is 0 Å². The molecule has 1 aromatic heterocycles. The molecule has 1 heterocycles. The molecule has 0 aliphatic carbocycles. The number of aromatic nitrogens is 2. The van der Waals surface area contributed by atoms with E-state index in [1.54, 1.807) is 0 Å². The summed E-state index contributed by atoms with van der Waals surface area (Å²) in [6.45, 7) is 2.10. The predicted octanol–water partition coefficient (Wildman–Crippen LogP) is 0.158. The maximum atomic E-state index is 4.10. The zero-order chi connectivity index (χ0) is 5.98. The Morgan fingerprint density at radius 2 is 2.33 bits per heavy atom. The van der Waals surface area contributed by atoms with Crippen molar-refractivity contribution < 1.29 is 5.48 Å². The molecule has 3 heteroatoms. The van der Waals surface area contributed by atoms with Crippen molar-refractivity contribution in [1.29, 1.82) is 0 Å². The maximum Gasteiger partial charge on any atom is 0.108 e. The van der Waals surface area contributed by atoms with Gasteiger partial charge < -0.3 is 10.0 Å². The van der Waals surface area contributed by atoms with Crippen molar-refractivity contribution >= 4 is 0 Å². The van der Waals surface area contributed by atoms with Crippen LogP contribution in [-0.4, -0.2) is 15.0 Å². The molecule has 0 fully saturated rings. The summed E-state index contributed by atoms with van der Waals surface area (Å²) in [6, 6.07) is 0. The molecular formula is C6H12N2O. The van der Waals surface area contributed by atoms with E-state index in [0.29, 0.717) is 0 Å². The lowest BCUT2D eigenvalue weighted by Gasteiger charge is -1.92. The molecule has 3 nitrogen and oxygen atoms in total. The molecule has 0 radical (unpaired) electrons. The van der Waals surface area contributed by atoms with Crippen LogP contribution in [0.25, 0.3) is 0 Å². The van der Waals surface area contributed by atoms with Crippen molar-refractivity contribution in [2.24, 2.45) is 7.05 Å². The summed E-state index contributed by atoms with van der Waals surface area (Å²) in [4.78, 5) is 4.10. The zero-order valence-corrected chi connectivity index (χ0v) is 5.76. The molecule has 0 aromatic carbocycles. The molecule has 2 N–H and O–H groups in total. The van der Waals surface area contributed by atoms with E-state index >= 15 is 0 Å². The molecule has 0 bridgehead atoms. The monoisotopic (exact) mass is 128 g/mol. The number of nitrogens with zero attached hydrogens (tertiary/aromatic N) is 2. The normalized spacial score (nSPS) is 8.67. The minimum absolute atomic E-state index is 0. The van der Waals surface area contributed by atoms with Crippen molar-refractivity contribution in [1.82, 2.24) is 9.55 Å². The number of hydrogen-bond donors (Lipinski definition) is 0. The third kappa shape index (κ3) is 1.54. The summed E-state index contributed by atoms with van der Waals surface area (Å²) in [7, 11) is 2.01. The van der Waals surface area contributed by atoms with Crippen LogP contribution in [0.5, 0.6) is 0 Å². The Hall–Kier alpha value is -0.830. The molecule has 0 amide bonds. The van der Waals surface area contributed by atoms with Crippen molar-refractivity contribution in [3.63, 3.8) is 0 Å². The Labute approximate surface area is 54.6 Å². The average Bonchev–Trinajstić information content (AvgIpc) is 2.14. The van der Waals surface area contributed by atoms with Crippen LogP contribution in [0.3, 0.4) is 0 Å². The van der Waals surface area contributed by atoms with Gasteiger partial charge in [0.25, 0.3) is 0 Å². The van der Waals surface area contributed by atoms with E-state index in [4.69, 9.17) is 0 Å². The minimum Gasteiger partial charge on any atom is -0.412 e. The first kappa shape index (κ1) is 8.17. The van der Waals surface area contributed by atoms with Crippen LogP contribution < -0.4 is 0 Å². The maximum absolute atomic E-state index is 4.10. The van der Waals surface area contributed by atoms with E-state index < -0.39 is 0 Å². The summed E-state index contributed by atoms with van der Waals surface area (Å²) in [6.07, 6.45) is 4.79. The lowest BCUT2D eigenvalue weighted by atomic mass is 10.5. The van der Waals surface area contributed by atoms with Gasteiger partial charge in [-0.05, 0) is 0 Å². The molecule has 0 unspecified atom stereocenters. The largest absolute Gasteiger partial charge is 0.412 e. The topological polar surface area (TPSA) is 49.3 Å². The first-order valence-electron chi connectivity index (χ1n) is 2.80. The van der Waals surface area contributed by atoms with Gasteiger partial charge in [0.1, 0.15) is 5.82 Å². The van der Waals surface area contributed by atoms with Gasteiger partial charge in [-0.15, -0.1) is 0 Å². The molecule has 0 saturated heterocycles. The fraction of sp³-hybridized carbons (Fsp3) is 0.500. The third-order valence-corrected chi connectivity index (χ3v) is 1.24. The summed E-state index contributed by atoms with van der Waals surface area (Å²) in [5.74, 6) is 1.14. The first-order chi connectivity index (χ1) is 3.84. The highest BCUT2D eigenvalue weighted by Crippen LogP contribution is 1.92. The Bertz CT molecular complexity index is 171. The lowest BCUT2D eigenvalue weighted by molar-refractivity contribution is 0.808. The molecule has 0 spiro atoms. The highest BCUT2D eigenvalue weighted by Gasteiger charge is 1.90. The molecule has 0 aliphatic heterocycles. The summed E-state index contributed by atoms with van der Waals surface area (Å²) in [5.41, 5.74) is 0. The van der Waals surface area contributed by atoms with E-state index in [9.17, 15) is 0 Å². The number of rotatable bonds is 1. The van der Waals surface area contributed by atoms with Crippen molar-refractivity contribution in [3.05, 3.63) is 18.2 Å². The van der Waals surface area contributed by atoms with Crippen LogP contribution in [0.4, 0.5) is 0 Å². The average molecular weight is 128 g/mol. The van der Waals surface area contributed by atoms with E-state index in [-0.39, 0.29) is 5.48 Å². The van der Waals surface area contributed by atoms with Gasteiger partial charge in [-0.25, -0.2) is 4.98 Å². The number of imidazole rings is 1. The molecule has 1 aromatic rings. The van der Waals surface area contributed by atoms with Gasteiger partial charge in [-0.2, -0.15) is 0 Å².